The number of benzene rings is 1. The highest BCUT2D eigenvalue weighted by Crippen LogP contribution is 2.24. The molecule has 0 bridgehead atoms. The molecule has 1 atom stereocenters. The highest BCUT2D eigenvalue weighted by Gasteiger charge is 2.10. The topological polar surface area (TPSA) is 82.2 Å². The van der Waals surface area contributed by atoms with Crippen molar-refractivity contribution in [2.24, 2.45) is 5.73 Å². The van der Waals surface area contributed by atoms with Crippen LogP contribution < -0.4 is 15.8 Å². The summed E-state index contributed by atoms with van der Waals surface area (Å²) in [6.07, 6.45) is 3.25. The fourth-order valence-corrected chi connectivity index (χ4v) is 1.97. The van der Waals surface area contributed by atoms with Crippen molar-refractivity contribution in [1.29, 1.82) is 0 Å². The largest absolute Gasteiger partial charge is 0.494 e. The van der Waals surface area contributed by atoms with Crippen molar-refractivity contribution < 1.29 is 13.9 Å². The Kier molecular flexibility index (Phi) is 4.42. The van der Waals surface area contributed by atoms with Crippen molar-refractivity contribution in [3.05, 3.63) is 42.0 Å². The van der Waals surface area contributed by atoms with Crippen LogP contribution >= 0.6 is 0 Å². The van der Waals surface area contributed by atoms with Crippen LogP contribution in [0.2, 0.25) is 0 Å². The van der Waals surface area contributed by atoms with E-state index in [9.17, 15) is 9.18 Å². The van der Waals surface area contributed by atoms with E-state index in [2.05, 4.69) is 10.4 Å². The second-order valence-electron chi connectivity index (χ2n) is 4.65. The average Bonchev–Trinajstić information content (AvgIpc) is 2.84. The number of ether oxygens (including phenoxy) is 1. The minimum absolute atomic E-state index is 0.0211. The van der Waals surface area contributed by atoms with Gasteiger partial charge in [-0.2, -0.15) is 5.10 Å². The molecule has 0 aliphatic carbocycles. The molecule has 1 amide bonds. The van der Waals surface area contributed by atoms with Crippen LogP contribution in [0.3, 0.4) is 0 Å². The lowest BCUT2D eigenvalue weighted by Gasteiger charge is -2.15. The molecule has 0 saturated heterocycles. The number of primary amides is 1. The molecule has 6 nitrogen and oxygen atoms in total. The predicted molar refractivity (Wildman–Crippen MR) is 76.4 cm³/mol. The molecule has 0 fully saturated rings. The maximum Gasteiger partial charge on any atom is 0.239 e. The maximum absolute atomic E-state index is 13.7. The van der Waals surface area contributed by atoms with Gasteiger partial charge in [-0.25, -0.2) is 4.39 Å². The van der Waals surface area contributed by atoms with Crippen LogP contribution in [0.15, 0.2) is 30.6 Å². The molecular weight excluding hydrogens is 275 g/mol. The van der Waals surface area contributed by atoms with E-state index in [0.717, 1.165) is 11.3 Å². The number of hydrogen-bond donors (Lipinski definition) is 2. The molecule has 21 heavy (non-hydrogen) atoms. The van der Waals surface area contributed by atoms with Gasteiger partial charge in [-0.1, -0.05) is 6.07 Å². The number of aromatic nitrogens is 2. The van der Waals surface area contributed by atoms with Gasteiger partial charge in [-0.3, -0.25) is 9.48 Å². The Morgan fingerprint density at radius 2 is 2.33 bits per heavy atom. The third kappa shape index (κ3) is 3.71. The number of amides is 1. The number of halogens is 1. The van der Waals surface area contributed by atoms with Gasteiger partial charge in [-0.15, -0.1) is 0 Å². The lowest BCUT2D eigenvalue weighted by Crippen LogP contribution is -2.18. The van der Waals surface area contributed by atoms with Crippen LogP contribution in [0.4, 0.5) is 10.1 Å². The fraction of sp³-hybridized carbons (Fsp3) is 0.286. The molecule has 112 valence electrons. The third-order valence-corrected chi connectivity index (χ3v) is 3.01. The van der Waals surface area contributed by atoms with Gasteiger partial charge in [0.2, 0.25) is 5.91 Å². The van der Waals surface area contributed by atoms with E-state index in [1.54, 1.807) is 24.5 Å². The Balaban J connectivity index is 2.07. The predicted octanol–water partition coefficient (Wildman–Crippen LogP) is 1.69. The minimum atomic E-state index is -0.463. The molecule has 0 aliphatic rings. The number of methoxy groups -OCH3 is 1. The van der Waals surface area contributed by atoms with Crippen molar-refractivity contribution in [3.8, 4) is 5.75 Å². The van der Waals surface area contributed by atoms with Gasteiger partial charge in [0, 0.05) is 12.2 Å². The number of nitrogens with two attached hydrogens (primary N) is 1. The summed E-state index contributed by atoms with van der Waals surface area (Å²) in [5.74, 6) is -0.664. The van der Waals surface area contributed by atoms with Crippen LogP contribution in [0.5, 0.6) is 5.75 Å². The summed E-state index contributed by atoms with van der Waals surface area (Å²) in [7, 11) is 1.42. The van der Waals surface area contributed by atoms with Crippen LogP contribution in [0.25, 0.3) is 0 Å². The van der Waals surface area contributed by atoms with Gasteiger partial charge in [0.15, 0.2) is 11.6 Å². The van der Waals surface area contributed by atoms with Gasteiger partial charge in [-0.05, 0) is 24.6 Å². The first-order chi connectivity index (χ1) is 9.99. The Morgan fingerprint density at radius 3 is 2.95 bits per heavy atom. The molecular formula is C14H17FN4O2. The van der Waals surface area contributed by atoms with Gasteiger partial charge in [0.25, 0.3) is 0 Å². The van der Waals surface area contributed by atoms with Crippen molar-refractivity contribution in [2.45, 2.75) is 19.5 Å². The molecule has 1 unspecified atom stereocenters. The summed E-state index contributed by atoms with van der Waals surface area (Å²) in [5.41, 5.74) is 6.59. The van der Waals surface area contributed by atoms with E-state index < -0.39 is 11.7 Å². The highest BCUT2D eigenvalue weighted by atomic mass is 19.1. The quantitative estimate of drug-likeness (QED) is 0.849. The Labute approximate surface area is 121 Å². The molecule has 3 N–H and O–H groups in total. The number of hydrogen-bond acceptors (Lipinski definition) is 4. The maximum atomic E-state index is 13.7. The molecule has 0 saturated carbocycles. The summed E-state index contributed by atoms with van der Waals surface area (Å²) < 4.78 is 20.0. The second-order valence-corrected chi connectivity index (χ2v) is 4.65. The first-order valence-electron chi connectivity index (χ1n) is 6.40. The SMILES string of the molecule is COc1ccc(C(C)Nc2cnn(CC(N)=O)c2)cc1F. The van der Waals surface area contributed by atoms with Crippen LogP contribution in [0.1, 0.15) is 18.5 Å². The summed E-state index contributed by atoms with van der Waals surface area (Å²) >= 11 is 0. The van der Waals surface area contributed by atoms with Gasteiger partial charge >= 0.3 is 0 Å². The molecule has 2 aromatic rings. The van der Waals surface area contributed by atoms with Gasteiger partial charge in [0.1, 0.15) is 6.54 Å². The normalized spacial score (nSPS) is 12.0. The zero-order valence-electron chi connectivity index (χ0n) is 11.8. The summed E-state index contributed by atoms with van der Waals surface area (Å²) in [6.45, 7) is 1.92. The van der Waals surface area contributed by atoms with E-state index in [4.69, 9.17) is 10.5 Å². The number of carbonyl (C=O) groups is 1. The van der Waals surface area contributed by atoms with Crippen molar-refractivity contribution in [1.82, 2.24) is 9.78 Å². The first kappa shape index (κ1) is 14.8. The zero-order valence-corrected chi connectivity index (χ0v) is 11.8. The molecule has 0 aliphatic heterocycles. The van der Waals surface area contributed by atoms with Gasteiger partial charge in [0.05, 0.1) is 19.0 Å². The molecule has 1 aromatic heterocycles. The number of anilines is 1. The van der Waals surface area contributed by atoms with Crippen molar-refractivity contribution in [2.75, 3.05) is 12.4 Å². The summed E-state index contributed by atoms with van der Waals surface area (Å²) in [4.78, 5) is 10.8. The van der Waals surface area contributed by atoms with Crippen LogP contribution in [0, 0.1) is 5.82 Å². The Hall–Kier alpha value is -2.57. The van der Waals surface area contributed by atoms with E-state index in [1.165, 1.54) is 17.9 Å². The van der Waals surface area contributed by atoms with Crippen LogP contribution in [-0.4, -0.2) is 22.8 Å². The van der Waals surface area contributed by atoms with E-state index >= 15 is 0 Å². The first-order valence-corrected chi connectivity index (χ1v) is 6.40. The highest BCUT2D eigenvalue weighted by molar-refractivity contribution is 5.73. The lowest BCUT2D eigenvalue weighted by atomic mass is 10.1. The molecule has 7 heteroatoms. The number of carbonyl (C=O) groups excluding carboxylic acids is 1. The lowest BCUT2D eigenvalue weighted by molar-refractivity contribution is -0.118. The van der Waals surface area contributed by atoms with Crippen molar-refractivity contribution >= 4 is 11.6 Å². The monoisotopic (exact) mass is 292 g/mol. The summed E-state index contributed by atoms with van der Waals surface area (Å²) in [6, 6.07) is 4.66. The Morgan fingerprint density at radius 1 is 1.57 bits per heavy atom. The van der Waals surface area contributed by atoms with E-state index in [0.29, 0.717) is 0 Å². The molecule has 0 radical (unpaired) electrons. The standard InChI is InChI=1S/C14H17FN4O2/c1-9(10-3-4-13(21-2)12(15)5-10)18-11-6-17-19(7-11)8-14(16)20/h3-7,9,18H,8H2,1-2H3,(H2,16,20). The Bertz CT molecular complexity index is 642. The molecule has 2 rings (SSSR count). The minimum Gasteiger partial charge on any atom is -0.494 e. The molecule has 1 aromatic carbocycles. The summed E-state index contributed by atoms with van der Waals surface area (Å²) in [5, 5.41) is 7.18. The second kappa shape index (κ2) is 6.25. The van der Waals surface area contributed by atoms with Crippen LogP contribution in [-0.2, 0) is 11.3 Å². The number of nitrogens with zero attached hydrogens (tertiary/aromatic N) is 2. The average molecular weight is 292 g/mol. The molecule has 0 spiro atoms. The molecule has 1 heterocycles. The smallest absolute Gasteiger partial charge is 0.239 e. The van der Waals surface area contributed by atoms with E-state index in [1.807, 2.05) is 6.92 Å². The number of nitrogens with one attached hydrogen (secondary N) is 1. The van der Waals surface area contributed by atoms with E-state index in [-0.39, 0.29) is 18.3 Å². The van der Waals surface area contributed by atoms with Gasteiger partial charge < -0.3 is 15.8 Å². The third-order valence-electron chi connectivity index (χ3n) is 3.01. The number of rotatable bonds is 6. The van der Waals surface area contributed by atoms with Crippen molar-refractivity contribution in [3.63, 3.8) is 0 Å². The fourth-order valence-electron chi connectivity index (χ4n) is 1.97. The zero-order chi connectivity index (χ0) is 15.4.